The molecule has 1 aliphatic heterocycles. The first-order chi connectivity index (χ1) is 8.70. The summed E-state index contributed by atoms with van der Waals surface area (Å²) < 4.78 is 12.2. The molecule has 92 valence electrons. The highest BCUT2D eigenvalue weighted by Gasteiger charge is 2.43. The fourth-order valence-corrected chi connectivity index (χ4v) is 4.00. The number of rotatable bonds is 2. The van der Waals surface area contributed by atoms with Gasteiger partial charge >= 0.3 is 0 Å². The molecular weight excluding hydrogens is 244 g/mol. The van der Waals surface area contributed by atoms with E-state index in [9.17, 15) is 9.32 Å². The van der Waals surface area contributed by atoms with Crippen LogP contribution in [-0.2, 0) is 27.9 Å². The molecule has 2 unspecified atom stereocenters. The summed E-state index contributed by atoms with van der Waals surface area (Å²) in [6.45, 7) is 0. The number of fused-ring (bicyclic) bond motifs is 1. The van der Waals surface area contributed by atoms with Crippen molar-refractivity contribution >= 4 is 10.8 Å². The second-order valence-electron chi connectivity index (χ2n) is 4.59. The average Bonchev–Trinajstić information content (AvgIpc) is 2.63. The first-order valence-electron chi connectivity index (χ1n) is 5.93. The number of aliphatic hydroxyl groups is 1. The SMILES string of the molecule is O=S1Cc2ccccc2C1(O)Cc1ccccc1. The van der Waals surface area contributed by atoms with E-state index >= 15 is 0 Å². The summed E-state index contributed by atoms with van der Waals surface area (Å²) in [6, 6.07) is 17.3. The van der Waals surface area contributed by atoms with Crippen LogP contribution in [0.2, 0.25) is 0 Å². The Kier molecular flexibility index (Phi) is 2.80. The highest BCUT2D eigenvalue weighted by molar-refractivity contribution is 7.85. The fraction of sp³-hybridized carbons (Fsp3) is 0.200. The molecule has 0 fully saturated rings. The topological polar surface area (TPSA) is 37.3 Å². The minimum absolute atomic E-state index is 0.400. The van der Waals surface area contributed by atoms with E-state index in [-0.39, 0.29) is 0 Å². The minimum Gasteiger partial charge on any atom is -0.372 e. The molecule has 3 heteroatoms. The van der Waals surface area contributed by atoms with Crippen LogP contribution in [0.4, 0.5) is 0 Å². The molecule has 2 nitrogen and oxygen atoms in total. The molecule has 0 saturated carbocycles. The van der Waals surface area contributed by atoms with Gasteiger partial charge in [-0.1, -0.05) is 54.6 Å². The number of benzene rings is 2. The summed E-state index contributed by atoms with van der Waals surface area (Å²) >= 11 is 0. The molecule has 0 bridgehead atoms. The van der Waals surface area contributed by atoms with Gasteiger partial charge in [-0.15, -0.1) is 0 Å². The first kappa shape index (κ1) is 11.6. The molecule has 2 aromatic carbocycles. The zero-order valence-corrected chi connectivity index (χ0v) is 10.7. The number of hydrogen-bond acceptors (Lipinski definition) is 2. The van der Waals surface area contributed by atoms with E-state index in [1.807, 2.05) is 54.6 Å². The van der Waals surface area contributed by atoms with Crippen molar-refractivity contribution in [2.45, 2.75) is 17.1 Å². The van der Waals surface area contributed by atoms with Gasteiger partial charge in [0.2, 0.25) is 0 Å². The van der Waals surface area contributed by atoms with E-state index in [0.29, 0.717) is 12.2 Å². The van der Waals surface area contributed by atoms with Gasteiger partial charge in [0.1, 0.15) is 0 Å². The van der Waals surface area contributed by atoms with Crippen molar-refractivity contribution in [3.05, 3.63) is 71.3 Å². The quantitative estimate of drug-likeness (QED) is 0.897. The normalized spacial score (nSPS) is 25.9. The second-order valence-corrected chi connectivity index (χ2v) is 6.25. The summed E-state index contributed by atoms with van der Waals surface area (Å²) in [5.74, 6) is 0.444. The van der Waals surface area contributed by atoms with Crippen LogP contribution < -0.4 is 0 Å². The van der Waals surface area contributed by atoms with E-state index < -0.39 is 15.7 Å². The van der Waals surface area contributed by atoms with Crippen LogP contribution in [-0.4, -0.2) is 9.32 Å². The average molecular weight is 258 g/mol. The molecule has 1 heterocycles. The van der Waals surface area contributed by atoms with Crippen molar-refractivity contribution in [2.75, 3.05) is 0 Å². The van der Waals surface area contributed by atoms with Gasteiger partial charge in [0.25, 0.3) is 0 Å². The molecular formula is C15H14O2S. The third kappa shape index (κ3) is 1.80. The smallest absolute Gasteiger partial charge is 0.169 e. The third-order valence-electron chi connectivity index (χ3n) is 3.39. The summed E-state index contributed by atoms with van der Waals surface area (Å²) in [4.78, 5) is -1.24. The highest BCUT2D eigenvalue weighted by atomic mass is 32.2. The Balaban J connectivity index is 2.02. The van der Waals surface area contributed by atoms with Crippen molar-refractivity contribution in [1.29, 1.82) is 0 Å². The van der Waals surface area contributed by atoms with Gasteiger partial charge in [0.05, 0.1) is 16.6 Å². The molecule has 0 amide bonds. The molecule has 2 aromatic rings. The predicted molar refractivity (Wildman–Crippen MR) is 72.3 cm³/mol. The van der Waals surface area contributed by atoms with Gasteiger partial charge < -0.3 is 5.11 Å². The third-order valence-corrected chi connectivity index (χ3v) is 5.08. The lowest BCUT2D eigenvalue weighted by atomic mass is 9.97. The van der Waals surface area contributed by atoms with E-state index in [4.69, 9.17) is 0 Å². The van der Waals surface area contributed by atoms with Crippen LogP contribution in [0, 0.1) is 0 Å². The monoisotopic (exact) mass is 258 g/mol. The molecule has 0 radical (unpaired) electrons. The van der Waals surface area contributed by atoms with E-state index in [2.05, 4.69) is 0 Å². The maximum atomic E-state index is 12.2. The summed E-state index contributed by atoms with van der Waals surface area (Å²) in [5, 5.41) is 10.8. The maximum absolute atomic E-state index is 12.2. The summed E-state index contributed by atoms with van der Waals surface area (Å²) in [5.41, 5.74) is 2.81. The molecule has 0 aromatic heterocycles. The van der Waals surface area contributed by atoms with Crippen molar-refractivity contribution in [2.24, 2.45) is 0 Å². The Labute approximate surface area is 109 Å². The zero-order valence-electron chi connectivity index (χ0n) is 9.87. The highest BCUT2D eigenvalue weighted by Crippen LogP contribution is 2.39. The van der Waals surface area contributed by atoms with Crippen LogP contribution >= 0.6 is 0 Å². The fourth-order valence-electron chi connectivity index (χ4n) is 2.46. The zero-order chi connectivity index (χ0) is 12.6. The van der Waals surface area contributed by atoms with Gasteiger partial charge in [-0.3, -0.25) is 4.21 Å². The summed E-state index contributed by atoms with van der Waals surface area (Å²) in [6.07, 6.45) is 0.400. The molecule has 0 spiro atoms. The van der Waals surface area contributed by atoms with E-state index in [1.54, 1.807) is 0 Å². The Morgan fingerprint density at radius 1 is 1.06 bits per heavy atom. The molecule has 0 saturated heterocycles. The Morgan fingerprint density at radius 3 is 2.50 bits per heavy atom. The van der Waals surface area contributed by atoms with E-state index in [0.717, 1.165) is 16.7 Å². The van der Waals surface area contributed by atoms with Crippen molar-refractivity contribution < 1.29 is 9.32 Å². The lowest BCUT2D eigenvalue weighted by Gasteiger charge is -2.22. The predicted octanol–water partition coefficient (Wildman–Crippen LogP) is 2.34. The van der Waals surface area contributed by atoms with Gasteiger partial charge in [-0.05, 0) is 11.1 Å². The van der Waals surface area contributed by atoms with Crippen molar-refractivity contribution in [3.63, 3.8) is 0 Å². The Hall–Kier alpha value is -1.45. The van der Waals surface area contributed by atoms with Crippen LogP contribution in [0.3, 0.4) is 0 Å². The van der Waals surface area contributed by atoms with Gasteiger partial charge in [-0.2, -0.15) is 0 Å². The van der Waals surface area contributed by atoms with Gasteiger partial charge in [0.15, 0.2) is 4.93 Å². The van der Waals surface area contributed by atoms with Crippen molar-refractivity contribution in [3.8, 4) is 0 Å². The lowest BCUT2D eigenvalue weighted by Crippen LogP contribution is -2.29. The Morgan fingerprint density at radius 2 is 1.72 bits per heavy atom. The largest absolute Gasteiger partial charge is 0.372 e. The van der Waals surface area contributed by atoms with E-state index in [1.165, 1.54) is 0 Å². The molecule has 0 aliphatic carbocycles. The molecule has 18 heavy (non-hydrogen) atoms. The standard InChI is InChI=1S/C15H14O2S/c16-15(10-12-6-2-1-3-7-12)14-9-5-4-8-13(14)11-18(15)17/h1-9,16H,10-11H2. The maximum Gasteiger partial charge on any atom is 0.169 e. The molecule has 1 aliphatic rings. The van der Waals surface area contributed by atoms with Crippen LogP contribution in [0.5, 0.6) is 0 Å². The van der Waals surface area contributed by atoms with Gasteiger partial charge in [0, 0.05) is 12.0 Å². The molecule has 2 atom stereocenters. The van der Waals surface area contributed by atoms with Gasteiger partial charge in [-0.25, -0.2) is 0 Å². The second kappa shape index (κ2) is 4.34. The lowest BCUT2D eigenvalue weighted by molar-refractivity contribution is 0.134. The Bertz CT molecular complexity index is 594. The molecule has 3 rings (SSSR count). The number of hydrogen-bond donors (Lipinski definition) is 1. The summed E-state index contributed by atoms with van der Waals surface area (Å²) in [7, 11) is -1.27. The van der Waals surface area contributed by atoms with Crippen LogP contribution in [0.15, 0.2) is 54.6 Å². The van der Waals surface area contributed by atoms with Crippen molar-refractivity contribution in [1.82, 2.24) is 0 Å². The first-order valence-corrected chi connectivity index (χ1v) is 7.25. The van der Waals surface area contributed by atoms with Crippen LogP contribution in [0.25, 0.3) is 0 Å². The molecule has 1 N–H and O–H groups in total. The minimum atomic E-state index is -1.27. The van der Waals surface area contributed by atoms with Crippen LogP contribution in [0.1, 0.15) is 16.7 Å².